The number of carbonyl (C=O) groups is 2. The van der Waals surface area contributed by atoms with Gasteiger partial charge >= 0.3 is 0 Å². The van der Waals surface area contributed by atoms with Gasteiger partial charge in [-0.15, -0.1) is 0 Å². The molecular formula is C21H29N3O3. The fourth-order valence-electron chi connectivity index (χ4n) is 3.58. The molecule has 0 unspecified atom stereocenters. The van der Waals surface area contributed by atoms with E-state index in [2.05, 4.69) is 11.0 Å². The van der Waals surface area contributed by atoms with Gasteiger partial charge in [0, 0.05) is 51.8 Å². The van der Waals surface area contributed by atoms with E-state index in [1.807, 2.05) is 41.9 Å². The molecule has 0 bridgehead atoms. The lowest BCUT2D eigenvalue weighted by atomic mass is 10.1. The predicted molar refractivity (Wildman–Crippen MR) is 106 cm³/mol. The van der Waals surface area contributed by atoms with Crippen LogP contribution < -0.4 is 4.74 Å². The first-order valence-electron chi connectivity index (χ1n) is 9.83. The molecule has 2 heterocycles. The van der Waals surface area contributed by atoms with Crippen molar-refractivity contribution in [2.24, 2.45) is 0 Å². The Morgan fingerprint density at radius 1 is 1.15 bits per heavy atom. The number of rotatable bonds is 6. The number of benzene rings is 1. The lowest BCUT2D eigenvalue weighted by Crippen LogP contribution is -2.51. The lowest BCUT2D eigenvalue weighted by Gasteiger charge is -2.34. The normalized spacial score (nSPS) is 17.0. The summed E-state index contributed by atoms with van der Waals surface area (Å²) >= 11 is 0. The first-order valence-corrected chi connectivity index (χ1v) is 9.83. The summed E-state index contributed by atoms with van der Waals surface area (Å²) < 4.78 is 5.51. The third-order valence-corrected chi connectivity index (χ3v) is 5.29. The zero-order valence-corrected chi connectivity index (χ0v) is 16.3. The van der Waals surface area contributed by atoms with Gasteiger partial charge in [0.2, 0.25) is 11.8 Å². The Morgan fingerprint density at radius 3 is 2.59 bits per heavy atom. The molecule has 1 fully saturated rings. The smallest absolute Gasteiger partial charge is 0.246 e. The van der Waals surface area contributed by atoms with Gasteiger partial charge in [-0.25, -0.2) is 0 Å². The molecule has 6 nitrogen and oxygen atoms in total. The maximum atomic E-state index is 12.5. The number of likely N-dealkylation sites (N-methyl/N-ethyl adjacent to an activating group) is 1. The molecule has 0 aromatic heterocycles. The van der Waals surface area contributed by atoms with Crippen LogP contribution in [0.2, 0.25) is 0 Å². The maximum absolute atomic E-state index is 12.5. The molecule has 0 radical (unpaired) electrons. The van der Waals surface area contributed by atoms with Crippen LogP contribution in [0.1, 0.15) is 25.0 Å². The third kappa shape index (κ3) is 4.89. The molecule has 27 heavy (non-hydrogen) atoms. The Labute approximate surface area is 161 Å². The van der Waals surface area contributed by atoms with Crippen molar-refractivity contribution >= 4 is 17.9 Å². The van der Waals surface area contributed by atoms with Crippen molar-refractivity contribution in [3.63, 3.8) is 0 Å². The summed E-state index contributed by atoms with van der Waals surface area (Å²) in [5.41, 5.74) is 2.23. The highest BCUT2D eigenvalue weighted by atomic mass is 16.5. The van der Waals surface area contributed by atoms with Gasteiger partial charge in [-0.3, -0.25) is 14.5 Å². The summed E-state index contributed by atoms with van der Waals surface area (Å²) in [7, 11) is 0. The number of fused-ring (bicyclic) bond motifs is 1. The molecule has 2 amide bonds. The van der Waals surface area contributed by atoms with Crippen LogP contribution in [0.3, 0.4) is 0 Å². The molecule has 0 spiro atoms. The molecule has 1 aromatic rings. The van der Waals surface area contributed by atoms with E-state index in [4.69, 9.17) is 4.74 Å². The number of hydrogen-bond donors (Lipinski definition) is 0. The first kappa shape index (κ1) is 19.4. The molecule has 3 rings (SSSR count). The molecule has 0 atom stereocenters. The highest BCUT2D eigenvalue weighted by Crippen LogP contribution is 2.26. The molecule has 0 aliphatic carbocycles. The van der Waals surface area contributed by atoms with Crippen molar-refractivity contribution in [2.45, 2.75) is 20.3 Å². The van der Waals surface area contributed by atoms with Crippen LogP contribution >= 0.6 is 0 Å². The molecule has 146 valence electrons. The first-order chi connectivity index (χ1) is 13.1. The van der Waals surface area contributed by atoms with Gasteiger partial charge in [-0.1, -0.05) is 6.07 Å². The molecule has 2 aliphatic rings. The summed E-state index contributed by atoms with van der Waals surface area (Å²) in [5, 5.41) is 0. The Hall–Kier alpha value is -2.34. The predicted octanol–water partition coefficient (Wildman–Crippen LogP) is 1.65. The van der Waals surface area contributed by atoms with Gasteiger partial charge in [0.15, 0.2) is 0 Å². The zero-order valence-electron chi connectivity index (χ0n) is 16.3. The van der Waals surface area contributed by atoms with E-state index < -0.39 is 0 Å². The van der Waals surface area contributed by atoms with Crippen molar-refractivity contribution < 1.29 is 14.3 Å². The minimum atomic E-state index is 0.0291. The Bertz CT molecular complexity index is 705. The highest BCUT2D eigenvalue weighted by molar-refractivity contribution is 5.92. The van der Waals surface area contributed by atoms with Crippen LogP contribution in [0.4, 0.5) is 0 Å². The fourth-order valence-corrected chi connectivity index (χ4v) is 3.58. The van der Waals surface area contributed by atoms with Crippen LogP contribution in [0.25, 0.3) is 6.08 Å². The SMILES string of the molecule is CCN(CC)C(=O)CN1CCN(C(=O)/C=C/c2ccc3c(c2)CCO3)CC1. The summed E-state index contributed by atoms with van der Waals surface area (Å²) in [4.78, 5) is 30.5. The topological polar surface area (TPSA) is 53.1 Å². The lowest BCUT2D eigenvalue weighted by molar-refractivity contribution is -0.133. The van der Waals surface area contributed by atoms with E-state index in [0.29, 0.717) is 19.6 Å². The molecule has 6 heteroatoms. The number of nitrogens with zero attached hydrogens (tertiary/aromatic N) is 3. The summed E-state index contributed by atoms with van der Waals surface area (Å²) in [6, 6.07) is 6.03. The van der Waals surface area contributed by atoms with Gasteiger partial charge in [0.05, 0.1) is 13.2 Å². The highest BCUT2D eigenvalue weighted by Gasteiger charge is 2.22. The maximum Gasteiger partial charge on any atom is 0.246 e. The van der Waals surface area contributed by atoms with E-state index in [1.165, 1.54) is 5.56 Å². The standard InChI is InChI=1S/C21H29N3O3/c1-3-23(4-2)21(26)16-22-10-12-24(13-11-22)20(25)8-6-17-5-7-19-18(15-17)9-14-27-19/h5-8,15H,3-4,9-14,16H2,1-2H3/b8-6+. The largest absolute Gasteiger partial charge is 0.493 e. The van der Waals surface area contributed by atoms with E-state index in [1.54, 1.807) is 6.08 Å². The summed E-state index contributed by atoms with van der Waals surface area (Å²) in [6.45, 7) is 9.46. The molecule has 1 aromatic carbocycles. The zero-order chi connectivity index (χ0) is 19.2. The average Bonchev–Trinajstić information content (AvgIpc) is 3.15. The molecule has 2 aliphatic heterocycles. The van der Waals surface area contributed by atoms with Gasteiger partial charge in [-0.2, -0.15) is 0 Å². The van der Waals surface area contributed by atoms with Crippen molar-refractivity contribution in [3.05, 3.63) is 35.4 Å². The van der Waals surface area contributed by atoms with E-state index in [9.17, 15) is 9.59 Å². The number of carbonyl (C=O) groups excluding carboxylic acids is 2. The van der Waals surface area contributed by atoms with Gasteiger partial charge in [-0.05, 0) is 43.2 Å². The molecule has 1 saturated heterocycles. The minimum Gasteiger partial charge on any atom is -0.493 e. The van der Waals surface area contributed by atoms with Crippen LogP contribution in [-0.2, 0) is 16.0 Å². The quantitative estimate of drug-likeness (QED) is 0.714. The number of piperazine rings is 1. The van der Waals surface area contributed by atoms with Crippen LogP contribution in [0.5, 0.6) is 5.75 Å². The second-order valence-electron chi connectivity index (χ2n) is 6.97. The second-order valence-corrected chi connectivity index (χ2v) is 6.97. The van der Waals surface area contributed by atoms with Gasteiger partial charge < -0.3 is 14.5 Å². The second kappa shape index (κ2) is 9.04. The van der Waals surface area contributed by atoms with Crippen LogP contribution in [0.15, 0.2) is 24.3 Å². The van der Waals surface area contributed by atoms with Crippen molar-refractivity contribution in [1.29, 1.82) is 0 Å². The Morgan fingerprint density at radius 2 is 1.89 bits per heavy atom. The van der Waals surface area contributed by atoms with Crippen LogP contribution in [0, 0.1) is 0 Å². The van der Waals surface area contributed by atoms with Gasteiger partial charge in [0.25, 0.3) is 0 Å². The fraction of sp³-hybridized carbons (Fsp3) is 0.524. The summed E-state index contributed by atoms with van der Waals surface area (Å²) in [6.07, 6.45) is 4.45. The van der Waals surface area contributed by atoms with Crippen molar-refractivity contribution in [3.8, 4) is 5.75 Å². The third-order valence-electron chi connectivity index (χ3n) is 5.29. The summed E-state index contributed by atoms with van der Waals surface area (Å²) in [5.74, 6) is 1.15. The Balaban J connectivity index is 1.48. The van der Waals surface area contributed by atoms with Gasteiger partial charge in [0.1, 0.15) is 5.75 Å². The van der Waals surface area contributed by atoms with Crippen LogP contribution in [-0.4, -0.2) is 78.9 Å². The number of amides is 2. The van der Waals surface area contributed by atoms with E-state index in [0.717, 1.165) is 50.5 Å². The van der Waals surface area contributed by atoms with Crippen molar-refractivity contribution in [1.82, 2.24) is 14.7 Å². The monoisotopic (exact) mass is 371 g/mol. The molecule has 0 N–H and O–H groups in total. The van der Waals surface area contributed by atoms with Crippen molar-refractivity contribution in [2.75, 3.05) is 52.4 Å². The van der Waals surface area contributed by atoms with E-state index in [-0.39, 0.29) is 11.8 Å². The van der Waals surface area contributed by atoms with E-state index >= 15 is 0 Å². The average molecular weight is 371 g/mol. The molecule has 0 saturated carbocycles. The number of ether oxygens (including phenoxy) is 1. The number of hydrogen-bond acceptors (Lipinski definition) is 4. The Kier molecular flexibility index (Phi) is 6.50. The molecular weight excluding hydrogens is 342 g/mol. The minimum absolute atomic E-state index is 0.0291.